The number of nitrogens with one attached hydrogen (secondary N) is 2. The van der Waals surface area contributed by atoms with Crippen LogP contribution in [0.25, 0.3) is 0 Å². The number of rotatable bonds is 12. The van der Waals surface area contributed by atoms with E-state index in [2.05, 4.69) is 10.6 Å². The van der Waals surface area contributed by atoms with Crippen molar-refractivity contribution in [2.75, 3.05) is 13.2 Å². The molecule has 37 heavy (non-hydrogen) atoms. The van der Waals surface area contributed by atoms with E-state index in [9.17, 15) is 29.8 Å². The van der Waals surface area contributed by atoms with Crippen molar-refractivity contribution in [2.24, 2.45) is 0 Å². The van der Waals surface area contributed by atoms with Crippen molar-refractivity contribution in [3.8, 4) is 0 Å². The van der Waals surface area contributed by atoms with Crippen molar-refractivity contribution in [2.45, 2.75) is 58.3 Å². The molecule has 0 heterocycles. The predicted octanol–water partition coefficient (Wildman–Crippen LogP) is 3.70. The molecule has 0 radical (unpaired) electrons. The summed E-state index contributed by atoms with van der Waals surface area (Å²) in [6.45, 7) is 7.24. The summed E-state index contributed by atoms with van der Waals surface area (Å²) >= 11 is 0. The molecule has 12 nitrogen and oxygen atoms in total. The van der Waals surface area contributed by atoms with Crippen LogP contribution in [0.1, 0.15) is 38.8 Å². The highest BCUT2D eigenvalue weighted by molar-refractivity contribution is 5.85. The molecular formula is C25H32N4O8. The molecule has 0 saturated carbocycles. The van der Waals surface area contributed by atoms with Gasteiger partial charge in [-0.3, -0.25) is 25.0 Å². The first-order valence-corrected chi connectivity index (χ1v) is 11.7. The molecule has 2 rings (SSSR count). The van der Waals surface area contributed by atoms with Gasteiger partial charge in [-0.05, 0) is 45.2 Å². The Morgan fingerprint density at radius 3 is 2.11 bits per heavy atom. The van der Waals surface area contributed by atoms with E-state index < -0.39 is 51.0 Å². The molecule has 1 unspecified atom stereocenters. The summed E-state index contributed by atoms with van der Waals surface area (Å²) in [6.07, 6.45) is -1.10. The quantitative estimate of drug-likeness (QED) is 0.318. The van der Waals surface area contributed by atoms with Crippen molar-refractivity contribution in [1.82, 2.24) is 10.6 Å². The fraction of sp³-hybridized carbons (Fsp3) is 0.440. The highest BCUT2D eigenvalue weighted by atomic mass is 16.6. The van der Waals surface area contributed by atoms with Crippen LogP contribution in [-0.2, 0) is 27.1 Å². The average Bonchev–Trinajstić information content (AvgIpc) is 2.81. The van der Waals surface area contributed by atoms with Crippen LogP contribution in [0.5, 0.6) is 0 Å². The maximum Gasteiger partial charge on any atom is 0.408 e. The second-order valence-corrected chi connectivity index (χ2v) is 9.44. The number of ether oxygens (including phenoxy) is 2. The molecular weight excluding hydrogens is 484 g/mol. The molecule has 2 amide bonds. The van der Waals surface area contributed by atoms with Gasteiger partial charge in [0.2, 0.25) is 5.91 Å². The van der Waals surface area contributed by atoms with Gasteiger partial charge in [0, 0.05) is 25.1 Å². The number of carbonyl (C=O) groups is 2. The van der Waals surface area contributed by atoms with Crippen LogP contribution >= 0.6 is 0 Å². The van der Waals surface area contributed by atoms with Gasteiger partial charge in [-0.15, -0.1) is 0 Å². The molecule has 2 aromatic rings. The zero-order valence-electron chi connectivity index (χ0n) is 21.3. The first kappa shape index (κ1) is 29.2. The smallest absolute Gasteiger partial charge is 0.408 e. The van der Waals surface area contributed by atoms with Crippen molar-refractivity contribution >= 4 is 23.4 Å². The lowest BCUT2D eigenvalue weighted by molar-refractivity contribution is -0.394. The van der Waals surface area contributed by atoms with E-state index in [1.165, 1.54) is 19.1 Å². The number of hydrogen-bond donors (Lipinski definition) is 2. The van der Waals surface area contributed by atoms with E-state index in [4.69, 9.17) is 9.47 Å². The van der Waals surface area contributed by atoms with Gasteiger partial charge in [0.1, 0.15) is 12.1 Å². The molecule has 200 valence electrons. The number of amides is 2. The van der Waals surface area contributed by atoms with Crippen molar-refractivity contribution in [3.05, 3.63) is 79.9 Å². The van der Waals surface area contributed by atoms with Crippen LogP contribution in [-0.4, -0.2) is 52.7 Å². The van der Waals surface area contributed by atoms with Gasteiger partial charge < -0.3 is 20.1 Å². The zero-order chi connectivity index (χ0) is 27.6. The molecule has 12 heteroatoms. The molecule has 0 saturated heterocycles. The maximum atomic E-state index is 12.8. The topological polar surface area (TPSA) is 163 Å². The van der Waals surface area contributed by atoms with Crippen molar-refractivity contribution in [3.63, 3.8) is 0 Å². The van der Waals surface area contributed by atoms with Crippen LogP contribution in [0.2, 0.25) is 0 Å². The maximum absolute atomic E-state index is 12.8. The van der Waals surface area contributed by atoms with E-state index in [-0.39, 0.29) is 18.6 Å². The van der Waals surface area contributed by atoms with E-state index in [1.54, 1.807) is 0 Å². The molecule has 0 bridgehead atoms. The fourth-order valence-corrected chi connectivity index (χ4v) is 3.33. The summed E-state index contributed by atoms with van der Waals surface area (Å²) in [7, 11) is 0. The number of alkyl carbamates (subject to hydrolysis) is 1. The van der Waals surface area contributed by atoms with Crippen LogP contribution in [0.3, 0.4) is 0 Å². The van der Waals surface area contributed by atoms with Gasteiger partial charge in [-0.25, -0.2) is 4.79 Å². The molecule has 0 aliphatic rings. The Balaban J connectivity index is 2.00. The molecule has 0 aliphatic carbocycles. The number of hydrogen-bond acceptors (Lipinski definition) is 8. The Bertz CT molecular complexity index is 1070. The summed E-state index contributed by atoms with van der Waals surface area (Å²) in [5, 5.41) is 27.5. The summed E-state index contributed by atoms with van der Waals surface area (Å²) in [5.41, 5.74) is -0.127. The summed E-state index contributed by atoms with van der Waals surface area (Å²) < 4.78 is 11.0. The lowest BCUT2D eigenvalue weighted by Crippen LogP contribution is -2.51. The third-order valence-electron chi connectivity index (χ3n) is 5.06. The largest absolute Gasteiger partial charge is 0.446 e. The molecule has 0 fully saturated rings. The van der Waals surface area contributed by atoms with Crippen molar-refractivity contribution in [1.29, 1.82) is 0 Å². The normalized spacial score (nSPS) is 12.8. The van der Waals surface area contributed by atoms with Gasteiger partial charge in [0.15, 0.2) is 0 Å². The van der Waals surface area contributed by atoms with E-state index in [0.29, 0.717) is 13.0 Å². The number of carbonyl (C=O) groups excluding carboxylic acids is 2. The van der Waals surface area contributed by atoms with Crippen molar-refractivity contribution < 1.29 is 28.9 Å². The Labute approximate surface area is 214 Å². The third kappa shape index (κ3) is 10.6. The highest BCUT2D eigenvalue weighted by Crippen LogP contribution is 2.24. The number of nitro benzene ring substituents is 2. The monoisotopic (exact) mass is 516 g/mol. The summed E-state index contributed by atoms with van der Waals surface area (Å²) in [5.74, 6) is -0.445. The van der Waals surface area contributed by atoms with Gasteiger partial charge in [0.25, 0.3) is 11.4 Å². The van der Waals surface area contributed by atoms with Crippen LogP contribution in [0.4, 0.5) is 16.2 Å². The number of non-ortho nitro benzene ring substituents is 2. The standard InChI is InChI=1S/C25H32N4O8/c1-17(12-19-13-20(28(32)33)15-21(14-19)29(34)35)37-24(31)27-22(16-36-25(2,3)4)23(30)26-11-10-18-8-6-5-7-9-18/h5-9,13-15,17,22H,10-12,16H2,1-4H3,(H,26,30)(H,27,31)/t17?,22-/m0/s1. The zero-order valence-corrected chi connectivity index (χ0v) is 21.3. The first-order chi connectivity index (χ1) is 17.3. The van der Waals surface area contributed by atoms with Gasteiger partial charge in [-0.1, -0.05) is 30.3 Å². The Morgan fingerprint density at radius 1 is 0.973 bits per heavy atom. The van der Waals surface area contributed by atoms with E-state index in [1.807, 2.05) is 51.1 Å². The van der Waals surface area contributed by atoms with Crippen LogP contribution < -0.4 is 10.6 Å². The number of benzene rings is 2. The van der Waals surface area contributed by atoms with Crippen LogP contribution in [0, 0.1) is 20.2 Å². The summed E-state index contributed by atoms with van der Waals surface area (Å²) in [4.78, 5) is 46.1. The number of nitrogens with zero attached hydrogens (tertiary/aromatic N) is 2. The molecule has 2 N–H and O–H groups in total. The predicted molar refractivity (Wildman–Crippen MR) is 135 cm³/mol. The van der Waals surface area contributed by atoms with Gasteiger partial charge >= 0.3 is 6.09 Å². The summed E-state index contributed by atoms with van der Waals surface area (Å²) in [6, 6.07) is 11.8. The Hall–Kier alpha value is -4.06. The minimum absolute atomic E-state index is 0.0115. The molecule has 2 aromatic carbocycles. The average molecular weight is 517 g/mol. The molecule has 0 aromatic heterocycles. The Kier molecular flexibility index (Phi) is 10.5. The molecule has 0 spiro atoms. The fourth-order valence-electron chi connectivity index (χ4n) is 3.33. The minimum atomic E-state index is -1.03. The lowest BCUT2D eigenvalue weighted by Gasteiger charge is -2.25. The lowest BCUT2D eigenvalue weighted by atomic mass is 10.1. The van der Waals surface area contributed by atoms with E-state index in [0.717, 1.165) is 11.6 Å². The van der Waals surface area contributed by atoms with Crippen LogP contribution in [0.15, 0.2) is 48.5 Å². The van der Waals surface area contributed by atoms with E-state index >= 15 is 0 Å². The SMILES string of the molecule is CC(Cc1cc([N+](=O)[O-])cc([N+](=O)[O-])c1)OC(=O)N[C@@H](COC(C)(C)C)C(=O)NCCc1ccccc1. The second kappa shape index (κ2) is 13.3. The second-order valence-electron chi connectivity index (χ2n) is 9.44. The van der Waals surface area contributed by atoms with Gasteiger partial charge in [-0.2, -0.15) is 0 Å². The highest BCUT2D eigenvalue weighted by Gasteiger charge is 2.25. The minimum Gasteiger partial charge on any atom is -0.446 e. The third-order valence-corrected chi connectivity index (χ3v) is 5.06. The Morgan fingerprint density at radius 2 is 1.57 bits per heavy atom. The van der Waals surface area contributed by atoms with Gasteiger partial charge in [0.05, 0.1) is 28.1 Å². The molecule has 2 atom stereocenters. The molecule has 0 aliphatic heterocycles. The number of nitro groups is 2. The first-order valence-electron chi connectivity index (χ1n) is 11.7.